The Morgan fingerprint density at radius 1 is 1.32 bits per heavy atom. The summed E-state index contributed by atoms with van der Waals surface area (Å²) in [6, 6.07) is 5.31. The van der Waals surface area contributed by atoms with Gasteiger partial charge in [0, 0.05) is 36.2 Å². The number of amides is 1. The first-order chi connectivity index (χ1) is 10.6. The van der Waals surface area contributed by atoms with Crippen LogP contribution in [0.3, 0.4) is 0 Å². The van der Waals surface area contributed by atoms with E-state index in [0.29, 0.717) is 42.7 Å². The lowest BCUT2D eigenvalue weighted by atomic mass is 10.1. The molecular weight excluding hydrogens is 306 g/mol. The summed E-state index contributed by atoms with van der Waals surface area (Å²) < 4.78 is 15.8. The predicted molar refractivity (Wildman–Crippen MR) is 85.6 cm³/mol. The molecule has 1 aromatic heterocycles. The van der Waals surface area contributed by atoms with Crippen LogP contribution in [0.4, 0.5) is 0 Å². The normalized spacial score (nSPS) is 11.0. The van der Waals surface area contributed by atoms with Gasteiger partial charge in [-0.1, -0.05) is 11.6 Å². The maximum atomic E-state index is 12.2. The van der Waals surface area contributed by atoms with Gasteiger partial charge in [-0.2, -0.15) is 0 Å². The van der Waals surface area contributed by atoms with Crippen LogP contribution in [0.5, 0.6) is 0 Å². The van der Waals surface area contributed by atoms with Crippen LogP contribution in [0.2, 0.25) is 5.02 Å². The van der Waals surface area contributed by atoms with Crippen LogP contribution in [-0.2, 0) is 9.47 Å². The van der Waals surface area contributed by atoms with E-state index in [1.54, 1.807) is 25.3 Å². The van der Waals surface area contributed by atoms with Crippen LogP contribution >= 0.6 is 11.6 Å². The summed E-state index contributed by atoms with van der Waals surface area (Å²) in [6.45, 7) is 4.10. The average Bonchev–Trinajstić information content (AvgIpc) is 2.83. The van der Waals surface area contributed by atoms with Crippen molar-refractivity contribution in [3.05, 3.63) is 34.5 Å². The number of benzene rings is 1. The van der Waals surface area contributed by atoms with Gasteiger partial charge in [0.25, 0.3) is 5.91 Å². The summed E-state index contributed by atoms with van der Waals surface area (Å²) in [5, 5.41) is 4.31. The minimum absolute atomic E-state index is 0.221. The molecule has 2 rings (SSSR count). The molecule has 1 heterocycles. The highest BCUT2D eigenvalue weighted by atomic mass is 35.5. The van der Waals surface area contributed by atoms with Crippen LogP contribution in [0.25, 0.3) is 11.0 Å². The second-order valence-electron chi connectivity index (χ2n) is 4.91. The average molecular weight is 326 g/mol. The molecule has 0 aliphatic carbocycles. The molecular formula is C16H20ClNO4. The molecule has 1 amide bonds. The Kier molecular flexibility index (Phi) is 6.24. The smallest absolute Gasteiger partial charge is 0.287 e. The molecule has 0 unspecified atom stereocenters. The summed E-state index contributed by atoms with van der Waals surface area (Å²) in [7, 11) is 1.63. The first-order valence-corrected chi connectivity index (χ1v) is 7.55. The van der Waals surface area contributed by atoms with Crippen LogP contribution in [0.15, 0.2) is 22.6 Å². The zero-order valence-corrected chi connectivity index (χ0v) is 13.5. The van der Waals surface area contributed by atoms with Crippen molar-refractivity contribution in [3.63, 3.8) is 0 Å². The van der Waals surface area contributed by atoms with E-state index < -0.39 is 0 Å². The van der Waals surface area contributed by atoms with E-state index in [1.807, 2.05) is 6.92 Å². The Morgan fingerprint density at radius 3 is 2.91 bits per heavy atom. The number of carbonyl (C=O) groups is 1. The number of hydrogen-bond acceptors (Lipinski definition) is 4. The molecule has 22 heavy (non-hydrogen) atoms. The number of fused-ring (bicyclic) bond motifs is 1. The number of ether oxygens (including phenoxy) is 2. The monoisotopic (exact) mass is 325 g/mol. The number of carbonyl (C=O) groups excluding carboxylic acids is 1. The maximum absolute atomic E-state index is 12.2. The molecule has 0 bridgehead atoms. The van der Waals surface area contributed by atoms with Gasteiger partial charge in [-0.05, 0) is 31.5 Å². The third-order valence-electron chi connectivity index (χ3n) is 3.29. The zero-order chi connectivity index (χ0) is 15.9. The first-order valence-electron chi connectivity index (χ1n) is 7.17. The number of methoxy groups -OCH3 is 1. The van der Waals surface area contributed by atoms with E-state index in [1.165, 1.54) is 0 Å². The summed E-state index contributed by atoms with van der Waals surface area (Å²) in [5.41, 5.74) is 1.46. The van der Waals surface area contributed by atoms with Gasteiger partial charge in [-0.15, -0.1) is 0 Å². The highest BCUT2D eigenvalue weighted by Gasteiger charge is 2.17. The van der Waals surface area contributed by atoms with E-state index in [-0.39, 0.29) is 5.91 Å². The largest absolute Gasteiger partial charge is 0.451 e. The van der Waals surface area contributed by atoms with Crippen molar-refractivity contribution in [2.45, 2.75) is 13.3 Å². The first kappa shape index (κ1) is 16.8. The van der Waals surface area contributed by atoms with Crippen LogP contribution in [0, 0.1) is 6.92 Å². The van der Waals surface area contributed by atoms with Gasteiger partial charge in [0.05, 0.1) is 13.2 Å². The molecule has 5 nitrogen and oxygen atoms in total. The Bertz CT molecular complexity index is 638. The van der Waals surface area contributed by atoms with Gasteiger partial charge < -0.3 is 19.2 Å². The fraction of sp³-hybridized carbons (Fsp3) is 0.438. The fourth-order valence-electron chi connectivity index (χ4n) is 2.11. The molecule has 0 fully saturated rings. The van der Waals surface area contributed by atoms with E-state index in [0.717, 1.165) is 17.4 Å². The molecule has 0 spiro atoms. The Morgan fingerprint density at radius 2 is 2.14 bits per heavy atom. The fourth-order valence-corrected chi connectivity index (χ4v) is 2.28. The summed E-state index contributed by atoms with van der Waals surface area (Å²) in [5.74, 6) is 0.110. The lowest BCUT2D eigenvalue weighted by Gasteiger charge is -2.05. The minimum atomic E-state index is -0.221. The highest BCUT2D eigenvalue weighted by Crippen LogP contribution is 2.27. The van der Waals surface area contributed by atoms with Gasteiger partial charge in [-0.3, -0.25) is 4.79 Å². The minimum Gasteiger partial charge on any atom is -0.451 e. The van der Waals surface area contributed by atoms with Crippen molar-refractivity contribution < 1.29 is 18.7 Å². The van der Waals surface area contributed by atoms with E-state index in [2.05, 4.69) is 5.32 Å². The molecule has 0 aliphatic heterocycles. The van der Waals surface area contributed by atoms with Crippen molar-refractivity contribution >= 4 is 28.5 Å². The predicted octanol–water partition coefficient (Wildman–Crippen LogP) is 3.18. The standard InChI is InChI=1S/C16H20ClNO4/c1-11-13-10-12(17)4-5-14(13)22-15(11)16(19)18-6-3-7-21-9-8-20-2/h4-5,10H,3,6-9H2,1-2H3,(H,18,19). The molecule has 120 valence electrons. The number of nitrogens with one attached hydrogen (secondary N) is 1. The molecule has 0 aliphatic rings. The Hall–Kier alpha value is -1.56. The van der Waals surface area contributed by atoms with Crippen molar-refractivity contribution in [2.75, 3.05) is 33.5 Å². The molecule has 6 heteroatoms. The van der Waals surface area contributed by atoms with Crippen LogP contribution in [0.1, 0.15) is 22.5 Å². The molecule has 1 N–H and O–H groups in total. The SMILES string of the molecule is COCCOCCCNC(=O)c1oc2ccc(Cl)cc2c1C. The number of halogens is 1. The maximum Gasteiger partial charge on any atom is 0.287 e. The summed E-state index contributed by atoms with van der Waals surface area (Å²) in [6.07, 6.45) is 0.737. The number of hydrogen-bond donors (Lipinski definition) is 1. The van der Waals surface area contributed by atoms with Gasteiger partial charge >= 0.3 is 0 Å². The molecule has 0 radical (unpaired) electrons. The van der Waals surface area contributed by atoms with Crippen molar-refractivity contribution in [1.29, 1.82) is 0 Å². The summed E-state index contributed by atoms with van der Waals surface area (Å²) >= 11 is 5.97. The van der Waals surface area contributed by atoms with E-state index in [4.69, 9.17) is 25.5 Å². The molecule has 2 aromatic rings. The quantitative estimate of drug-likeness (QED) is 0.757. The Balaban J connectivity index is 1.86. The number of furan rings is 1. The second-order valence-corrected chi connectivity index (χ2v) is 5.35. The van der Waals surface area contributed by atoms with Gasteiger partial charge in [-0.25, -0.2) is 0 Å². The van der Waals surface area contributed by atoms with Crippen molar-refractivity contribution in [1.82, 2.24) is 5.32 Å². The lowest BCUT2D eigenvalue weighted by molar-refractivity contribution is 0.0687. The van der Waals surface area contributed by atoms with Gasteiger partial charge in [0.15, 0.2) is 5.76 Å². The van der Waals surface area contributed by atoms with Crippen LogP contribution in [-0.4, -0.2) is 39.4 Å². The Labute approximate surface area is 134 Å². The lowest BCUT2D eigenvalue weighted by Crippen LogP contribution is -2.25. The third kappa shape index (κ3) is 4.22. The zero-order valence-electron chi connectivity index (χ0n) is 12.8. The highest BCUT2D eigenvalue weighted by molar-refractivity contribution is 6.31. The van der Waals surface area contributed by atoms with Crippen molar-refractivity contribution in [2.24, 2.45) is 0 Å². The molecule has 1 aromatic carbocycles. The summed E-state index contributed by atoms with van der Waals surface area (Å²) in [4.78, 5) is 12.2. The van der Waals surface area contributed by atoms with Gasteiger partial charge in [0.2, 0.25) is 0 Å². The number of aryl methyl sites for hydroxylation is 1. The molecule has 0 saturated heterocycles. The second kappa shape index (κ2) is 8.17. The van der Waals surface area contributed by atoms with Gasteiger partial charge in [0.1, 0.15) is 5.58 Å². The topological polar surface area (TPSA) is 60.7 Å². The number of rotatable bonds is 8. The van der Waals surface area contributed by atoms with Crippen LogP contribution < -0.4 is 5.32 Å². The molecule has 0 saturated carbocycles. The third-order valence-corrected chi connectivity index (χ3v) is 3.52. The molecule has 0 atom stereocenters. The van der Waals surface area contributed by atoms with Crippen molar-refractivity contribution in [3.8, 4) is 0 Å². The van der Waals surface area contributed by atoms with E-state index >= 15 is 0 Å². The van der Waals surface area contributed by atoms with E-state index in [9.17, 15) is 4.79 Å².